The van der Waals surface area contributed by atoms with Gasteiger partial charge in [-0.1, -0.05) is 38.3 Å². The average Bonchev–Trinajstić information content (AvgIpc) is 2.53. The summed E-state index contributed by atoms with van der Waals surface area (Å²) in [6.07, 6.45) is 12.8. The van der Waals surface area contributed by atoms with Crippen LogP contribution in [-0.2, 0) is 9.53 Å². The first-order chi connectivity index (χ1) is 11.6. The molecule has 0 saturated carbocycles. The number of rotatable bonds is 16. The van der Waals surface area contributed by atoms with Gasteiger partial charge in [-0.15, -0.1) is 0 Å². The molecule has 0 aliphatic rings. The molecule has 2 N–H and O–H groups in total. The van der Waals surface area contributed by atoms with E-state index >= 15 is 0 Å². The van der Waals surface area contributed by atoms with Gasteiger partial charge in [0.15, 0.2) is 0 Å². The predicted octanol–water partition coefficient (Wildman–Crippen LogP) is 2.66. The van der Waals surface area contributed by atoms with Crippen LogP contribution in [-0.4, -0.2) is 67.2 Å². The molecule has 0 unspecified atom stereocenters. The van der Waals surface area contributed by atoms with E-state index in [0.29, 0.717) is 37.1 Å². The van der Waals surface area contributed by atoms with Gasteiger partial charge < -0.3 is 19.4 Å². The lowest BCUT2D eigenvalue weighted by Gasteiger charge is -2.33. The smallest absolute Gasteiger partial charge is 0.305 e. The molecule has 142 valence electrons. The highest BCUT2D eigenvalue weighted by Gasteiger charge is 2.20. The molecule has 0 amide bonds. The summed E-state index contributed by atoms with van der Waals surface area (Å²) in [7, 11) is 1.95. The highest BCUT2D eigenvalue weighted by atomic mass is 16.5. The molecule has 0 spiro atoms. The highest BCUT2D eigenvalue weighted by molar-refractivity contribution is 5.69. The molecule has 0 aliphatic carbocycles. The van der Waals surface area contributed by atoms with E-state index < -0.39 is 0 Å². The molecule has 0 aromatic carbocycles. The standard InChI is InChI=1S/C19H38NO4/c1-3-4-5-6-7-8-9-10-11-12-19(23)24-18-15-20(2,13-16-21)14-17-22/h4-5,21-22H,3,6-18H2,1-2H3/q+1/b5-4+. The molecule has 0 atom stereocenters. The van der Waals surface area contributed by atoms with Crippen molar-refractivity contribution in [1.82, 2.24) is 0 Å². The third-order valence-corrected chi connectivity index (χ3v) is 4.33. The van der Waals surface area contributed by atoms with Gasteiger partial charge in [0.05, 0.1) is 20.3 Å². The fraction of sp³-hybridized carbons (Fsp3) is 0.842. The van der Waals surface area contributed by atoms with E-state index in [4.69, 9.17) is 14.9 Å². The van der Waals surface area contributed by atoms with Crippen LogP contribution in [0.15, 0.2) is 12.2 Å². The Hall–Kier alpha value is -0.910. The van der Waals surface area contributed by atoms with Crippen LogP contribution in [0.5, 0.6) is 0 Å². The number of unbranched alkanes of at least 4 members (excludes halogenated alkanes) is 5. The van der Waals surface area contributed by atoms with Crippen LogP contribution in [0.25, 0.3) is 0 Å². The lowest BCUT2D eigenvalue weighted by molar-refractivity contribution is -0.910. The first-order valence-corrected chi connectivity index (χ1v) is 9.44. The molecule has 5 nitrogen and oxygen atoms in total. The van der Waals surface area contributed by atoms with Gasteiger partial charge in [-0.25, -0.2) is 0 Å². The van der Waals surface area contributed by atoms with Crippen LogP contribution in [0.2, 0.25) is 0 Å². The molecule has 0 aliphatic heterocycles. The molecular formula is C19H38NO4+. The first kappa shape index (κ1) is 23.1. The lowest BCUT2D eigenvalue weighted by atomic mass is 10.1. The van der Waals surface area contributed by atoms with Gasteiger partial charge in [-0.2, -0.15) is 0 Å². The summed E-state index contributed by atoms with van der Waals surface area (Å²) in [5, 5.41) is 18.2. The Morgan fingerprint density at radius 3 is 2.21 bits per heavy atom. The molecule has 0 aromatic heterocycles. The first-order valence-electron chi connectivity index (χ1n) is 9.44. The van der Waals surface area contributed by atoms with Gasteiger partial charge in [0.2, 0.25) is 0 Å². The maximum Gasteiger partial charge on any atom is 0.305 e. The Kier molecular flexibility index (Phi) is 15.0. The zero-order valence-corrected chi connectivity index (χ0v) is 15.7. The second kappa shape index (κ2) is 15.6. The van der Waals surface area contributed by atoms with Crippen molar-refractivity contribution in [2.75, 3.05) is 46.5 Å². The zero-order valence-electron chi connectivity index (χ0n) is 15.7. The van der Waals surface area contributed by atoms with Crippen molar-refractivity contribution in [2.24, 2.45) is 0 Å². The van der Waals surface area contributed by atoms with Crippen molar-refractivity contribution in [3.63, 3.8) is 0 Å². The molecule has 0 rings (SSSR count). The number of carbonyl (C=O) groups is 1. The van der Waals surface area contributed by atoms with E-state index in [-0.39, 0.29) is 19.2 Å². The third kappa shape index (κ3) is 13.5. The number of ether oxygens (including phenoxy) is 1. The minimum atomic E-state index is -0.138. The molecule has 0 heterocycles. The number of aliphatic hydroxyl groups excluding tert-OH is 2. The molecule has 5 heteroatoms. The van der Waals surface area contributed by atoms with Gasteiger partial charge in [0.1, 0.15) is 26.2 Å². The number of hydrogen-bond donors (Lipinski definition) is 2. The number of hydrogen-bond acceptors (Lipinski definition) is 4. The molecule has 0 saturated heterocycles. The zero-order chi connectivity index (χ0) is 18.1. The van der Waals surface area contributed by atoms with E-state index in [0.717, 1.165) is 25.7 Å². The van der Waals surface area contributed by atoms with Crippen LogP contribution in [0.1, 0.15) is 58.3 Å². The summed E-state index contributed by atoms with van der Waals surface area (Å²) in [4.78, 5) is 11.7. The Morgan fingerprint density at radius 2 is 1.58 bits per heavy atom. The molecule has 0 bridgehead atoms. The van der Waals surface area contributed by atoms with E-state index in [1.807, 2.05) is 7.05 Å². The summed E-state index contributed by atoms with van der Waals surface area (Å²) < 4.78 is 5.80. The fourth-order valence-electron chi connectivity index (χ4n) is 2.62. The van der Waals surface area contributed by atoms with Crippen molar-refractivity contribution in [2.45, 2.75) is 58.3 Å². The van der Waals surface area contributed by atoms with Crippen molar-refractivity contribution in [1.29, 1.82) is 0 Å². The van der Waals surface area contributed by atoms with Gasteiger partial charge >= 0.3 is 5.97 Å². The van der Waals surface area contributed by atoms with Gasteiger partial charge in [0, 0.05) is 6.42 Å². The summed E-state index contributed by atoms with van der Waals surface area (Å²) in [6.45, 7) is 4.38. The van der Waals surface area contributed by atoms with Crippen LogP contribution in [0.4, 0.5) is 0 Å². The highest BCUT2D eigenvalue weighted by Crippen LogP contribution is 2.09. The molecule has 0 fully saturated rings. The Bertz CT molecular complexity index is 325. The number of quaternary nitrogens is 1. The minimum Gasteiger partial charge on any atom is -0.460 e. The Morgan fingerprint density at radius 1 is 0.958 bits per heavy atom. The van der Waals surface area contributed by atoms with E-state index in [2.05, 4.69) is 19.1 Å². The number of aliphatic hydroxyl groups is 2. The van der Waals surface area contributed by atoms with Crippen LogP contribution in [0.3, 0.4) is 0 Å². The van der Waals surface area contributed by atoms with Gasteiger partial charge in [0.25, 0.3) is 0 Å². The van der Waals surface area contributed by atoms with Crippen LogP contribution >= 0.6 is 0 Å². The van der Waals surface area contributed by atoms with Crippen LogP contribution < -0.4 is 0 Å². The quantitative estimate of drug-likeness (QED) is 0.195. The topological polar surface area (TPSA) is 66.8 Å². The fourth-order valence-corrected chi connectivity index (χ4v) is 2.62. The van der Waals surface area contributed by atoms with E-state index in [1.165, 1.54) is 19.3 Å². The van der Waals surface area contributed by atoms with E-state index in [1.54, 1.807) is 0 Å². The number of nitrogens with zero attached hydrogens (tertiary/aromatic N) is 1. The minimum absolute atomic E-state index is 0.0681. The average molecular weight is 345 g/mol. The maximum absolute atomic E-state index is 11.7. The van der Waals surface area contributed by atoms with Gasteiger partial charge in [-0.3, -0.25) is 4.79 Å². The summed E-state index contributed by atoms with van der Waals surface area (Å²) in [6, 6.07) is 0. The molecule has 24 heavy (non-hydrogen) atoms. The van der Waals surface area contributed by atoms with E-state index in [9.17, 15) is 4.79 Å². The van der Waals surface area contributed by atoms with Crippen molar-refractivity contribution in [3.8, 4) is 0 Å². The third-order valence-electron chi connectivity index (χ3n) is 4.33. The maximum atomic E-state index is 11.7. The largest absolute Gasteiger partial charge is 0.460 e. The van der Waals surface area contributed by atoms with Gasteiger partial charge in [-0.05, 0) is 25.7 Å². The van der Waals surface area contributed by atoms with Crippen LogP contribution in [0, 0.1) is 0 Å². The Balaban J connectivity index is 3.60. The van der Waals surface area contributed by atoms with Crippen molar-refractivity contribution in [3.05, 3.63) is 12.2 Å². The Labute approximate surface area is 147 Å². The predicted molar refractivity (Wildman–Crippen MR) is 97.7 cm³/mol. The monoisotopic (exact) mass is 344 g/mol. The summed E-state index contributed by atoms with van der Waals surface area (Å²) in [5.74, 6) is -0.138. The van der Waals surface area contributed by atoms with Crippen molar-refractivity contribution >= 4 is 5.97 Å². The SMILES string of the molecule is CC/C=C/CCCCCCCC(=O)OCC[N+](C)(CCO)CCO. The number of allylic oxidation sites excluding steroid dienone is 2. The lowest BCUT2D eigenvalue weighted by Crippen LogP contribution is -2.50. The summed E-state index contributed by atoms with van der Waals surface area (Å²) >= 11 is 0. The second-order valence-electron chi connectivity index (χ2n) is 6.64. The number of carbonyl (C=O) groups excluding carboxylic acids is 1. The summed E-state index contributed by atoms with van der Waals surface area (Å²) in [5.41, 5.74) is 0. The number of esters is 1. The molecule has 0 radical (unpaired) electrons. The second-order valence-corrected chi connectivity index (χ2v) is 6.64. The molecular weight excluding hydrogens is 306 g/mol. The normalized spacial score (nSPS) is 12.0. The molecule has 0 aromatic rings. The van der Waals surface area contributed by atoms with Crippen molar-refractivity contribution < 1.29 is 24.2 Å². The number of likely N-dealkylation sites (N-methyl/N-ethyl adjacent to an activating group) is 1.